The van der Waals surface area contributed by atoms with Crippen LogP contribution in [-0.2, 0) is 32.6 Å². The predicted molar refractivity (Wildman–Crippen MR) is 167 cm³/mol. The van der Waals surface area contributed by atoms with Gasteiger partial charge in [0.05, 0.1) is 11.9 Å². The van der Waals surface area contributed by atoms with E-state index in [9.17, 15) is 18.0 Å². The second-order valence-corrected chi connectivity index (χ2v) is 13.4. The summed E-state index contributed by atoms with van der Waals surface area (Å²) in [5, 5.41) is 3.53. The van der Waals surface area contributed by atoms with Crippen molar-refractivity contribution in [1.29, 1.82) is 0 Å². The number of benzene rings is 3. The van der Waals surface area contributed by atoms with Gasteiger partial charge in [-0.25, -0.2) is 8.42 Å². The number of halogens is 1. The van der Waals surface area contributed by atoms with Crippen molar-refractivity contribution in [3.63, 3.8) is 0 Å². The molecule has 0 bridgehead atoms. The van der Waals surface area contributed by atoms with E-state index in [4.69, 9.17) is 11.6 Å². The van der Waals surface area contributed by atoms with Gasteiger partial charge in [-0.1, -0.05) is 93.9 Å². The van der Waals surface area contributed by atoms with Crippen molar-refractivity contribution in [2.75, 3.05) is 23.7 Å². The first-order chi connectivity index (χ1) is 19.3. The molecule has 0 aliphatic heterocycles. The summed E-state index contributed by atoms with van der Waals surface area (Å²) in [7, 11) is -3.82. The molecule has 0 saturated heterocycles. The molecule has 9 heteroatoms. The molecule has 0 heterocycles. The van der Waals surface area contributed by atoms with E-state index in [1.54, 1.807) is 36.4 Å². The van der Waals surface area contributed by atoms with Crippen molar-refractivity contribution in [1.82, 2.24) is 10.2 Å². The van der Waals surface area contributed by atoms with Crippen LogP contribution in [0.1, 0.15) is 50.3 Å². The summed E-state index contributed by atoms with van der Waals surface area (Å²) in [5.41, 5.74) is 3.10. The van der Waals surface area contributed by atoms with Crippen molar-refractivity contribution < 1.29 is 18.0 Å². The fraction of sp³-hybridized carbons (Fsp3) is 0.375. The molecule has 3 aromatic carbocycles. The zero-order valence-electron chi connectivity index (χ0n) is 24.4. The van der Waals surface area contributed by atoms with E-state index >= 15 is 0 Å². The molecule has 3 aromatic rings. The Bertz CT molecular complexity index is 1390. The highest BCUT2D eigenvalue weighted by atomic mass is 35.5. The monoisotopic (exact) mass is 597 g/mol. The van der Waals surface area contributed by atoms with Gasteiger partial charge in [0.25, 0.3) is 0 Å². The normalized spacial score (nSPS) is 12.3. The fourth-order valence-corrected chi connectivity index (χ4v) is 5.38. The largest absolute Gasteiger partial charge is 0.354 e. The lowest BCUT2D eigenvalue weighted by molar-refractivity contribution is -0.140. The number of hydrogen-bond acceptors (Lipinski definition) is 4. The van der Waals surface area contributed by atoms with Crippen LogP contribution >= 0.6 is 11.6 Å². The molecule has 0 unspecified atom stereocenters. The van der Waals surface area contributed by atoms with Crippen LogP contribution in [0.5, 0.6) is 0 Å². The molecule has 0 aliphatic carbocycles. The molecule has 41 heavy (non-hydrogen) atoms. The highest BCUT2D eigenvalue weighted by Gasteiger charge is 2.33. The third-order valence-electron chi connectivity index (χ3n) is 6.75. The molecule has 0 radical (unpaired) electrons. The van der Waals surface area contributed by atoms with E-state index in [1.807, 2.05) is 56.3 Å². The number of nitrogens with one attached hydrogen (secondary N) is 1. The van der Waals surface area contributed by atoms with Crippen molar-refractivity contribution >= 4 is 39.1 Å². The number of carbonyl (C=O) groups is 2. The Morgan fingerprint density at radius 1 is 0.854 bits per heavy atom. The summed E-state index contributed by atoms with van der Waals surface area (Å²) in [6.07, 6.45) is 1.35. The van der Waals surface area contributed by atoms with Gasteiger partial charge in [-0.05, 0) is 52.8 Å². The third kappa shape index (κ3) is 9.61. The number of sulfonamides is 1. The highest BCUT2D eigenvalue weighted by Crippen LogP contribution is 2.23. The van der Waals surface area contributed by atoms with Crippen LogP contribution in [0.3, 0.4) is 0 Å². The molecule has 0 aliphatic rings. The molecule has 0 saturated carbocycles. The lowest BCUT2D eigenvalue weighted by Gasteiger charge is -2.33. The molecule has 3 rings (SSSR count). The van der Waals surface area contributed by atoms with Gasteiger partial charge in [0.2, 0.25) is 21.8 Å². The number of anilines is 1. The Hall–Kier alpha value is -3.36. The summed E-state index contributed by atoms with van der Waals surface area (Å²) in [4.78, 5) is 29.2. The maximum atomic E-state index is 14.1. The lowest BCUT2D eigenvalue weighted by Crippen LogP contribution is -2.53. The van der Waals surface area contributed by atoms with Crippen LogP contribution in [-0.4, -0.2) is 50.5 Å². The predicted octanol–water partition coefficient (Wildman–Crippen LogP) is 5.64. The second kappa shape index (κ2) is 14.5. The van der Waals surface area contributed by atoms with Gasteiger partial charge in [-0.2, -0.15) is 0 Å². The summed E-state index contributed by atoms with van der Waals surface area (Å²) >= 11 is 6.10. The summed E-state index contributed by atoms with van der Waals surface area (Å²) in [6.45, 7) is 8.21. The average Bonchev–Trinajstić information content (AvgIpc) is 2.93. The van der Waals surface area contributed by atoms with Gasteiger partial charge >= 0.3 is 0 Å². The first-order valence-electron chi connectivity index (χ1n) is 13.8. The van der Waals surface area contributed by atoms with Gasteiger partial charge in [0.1, 0.15) is 12.6 Å². The summed E-state index contributed by atoms with van der Waals surface area (Å²) in [6, 6.07) is 22.8. The quantitative estimate of drug-likeness (QED) is 0.276. The summed E-state index contributed by atoms with van der Waals surface area (Å²) < 4.78 is 27.0. The van der Waals surface area contributed by atoms with E-state index < -0.39 is 28.5 Å². The van der Waals surface area contributed by atoms with Crippen LogP contribution in [0.25, 0.3) is 0 Å². The molecular weight excluding hydrogens is 558 g/mol. The van der Waals surface area contributed by atoms with Crippen molar-refractivity contribution in [3.8, 4) is 0 Å². The van der Waals surface area contributed by atoms with Gasteiger partial charge in [0.15, 0.2) is 0 Å². The van der Waals surface area contributed by atoms with E-state index in [-0.39, 0.29) is 30.7 Å². The molecule has 1 atom stereocenters. The molecule has 220 valence electrons. The van der Waals surface area contributed by atoms with Crippen LogP contribution in [0.2, 0.25) is 5.02 Å². The number of hydrogen-bond donors (Lipinski definition) is 1. The molecule has 2 amide bonds. The number of carbonyl (C=O) groups excluding carboxylic acids is 2. The minimum Gasteiger partial charge on any atom is -0.354 e. The Balaban J connectivity index is 2.03. The zero-order valence-corrected chi connectivity index (χ0v) is 26.0. The minimum atomic E-state index is -3.82. The van der Waals surface area contributed by atoms with Crippen molar-refractivity contribution in [3.05, 3.63) is 101 Å². The maximum Gasteiger partial charge on any atom is 0.244 e. The van der Waals surface area contributed by atoms with Gasteiger partial charge in [0, 0.05) is 24.5 Å². The minimum absolute atomic E-state index is 0.104. The summed E-state index contributed by atoms with van der Waals surface area (Å²) in [5.74, 6) is -0.294. The topological polar surface area (TPSA) is 86.8 Å². The van der Waals surface area contributed by atoms with E-state index in [1.165, 1.54) is 4.90 Å². The Morgan fingerprint density at radius 3 is 2.00 bits per heavy atom. The van der Waals surface area contributed by atoms with Crippen molar-refractivity contribution in [2.45, 2.75) is 52.6 Å². The van der Waals surface area contributed by atoms with Gasteiger partial charge < -0.3 is 10.2 Å². The van der Waals surface area contributed by atoms with Crippen LogP contribution in [0.15, 0.2) is 78.9 Å². The van der Waals surface area contributed by atoms with Crippen molar-refractivity contribution in [2.24, 2.45) is 5.92 Å². The smallest absolute Gasteiger partial charge is 0.244 e. The Morgan fingerprint density at radius 2 is 1.46 bits per heavy atom. The van der Waals surface area contributed by atoms with Crippen LogP contribution in [0.4, 0.5) is 5.69 Å². The highest BCUT2D eigenvalue weighted by molar-refractivity contribution is 7.92. The van der Waals surface area contributed by atoms with Gasteiger partial charge in [-0.3, -0.25) is 13.9 Å². The van der Waals surface area contributed by atoms with Gasteiger partial charge in [-0.15, -0.1) is 0 Å². The third-order valence-corrected chi connectivity index (χ3v) is 8.14. The number of nitrogens with zero attached hydrogens (tertiary/aromatic N) is 2. The first kappa shape index (κ1) is 32.2. The first-order valence-corrected chi connectivity index (χ1v) is 16.0. The molecule has 0 aromatic heterocycles. The fourth-order valence-electron chi connectivity index (χ4n) is 4.40. The SMILES string of the molecule is CC(C)CNC(=O)[C@H](Cc1ccccc1)N(Cc1ccc(Cl)cc1)C(=O)CN(c1ccc(C(C)C)cc1)S(C)(=O)=O. The van der Waals surface area contributed by atoms with E-state index in [0.717, 1.165) is 27.3 Å². The Kier molecular flexibility index (Phi) is 11.4. The molecule has 1 N–H and O–H groups in total. The molecule has 0 fully saturated rings. The second-order valence-electron chi connectivity index (χ2n) is 11.0. The molecule has 7 nitrogen and oxygen atoms in total. The van der Waals surface area contributed by atoms with E-state index in [0.29, 0.717) is 17.3 Å². The standard InChI is InChI=1S/C32H40ClN3O4S/c1-23(2)20-34-32(38)30(19-25-9-7-6-8-10-25)35(21-26-11-15-28(33)16-12-26)31(37)22-36(41(5,39)40)29-17-13-27(14-18-29)24(3)4/h6-18,23-24,30H,19-22H2,1-5H3,(H,34,38)/t30-/m0/s1. The maximum absolute atomic E-state index is 14.1. The molecular formula is C32H40ClN3O4S. The zero-order chi connectivity index (χ0) is 30.2. The number of amides is 2. The Labute approximate surface area is 249 Å². The average molecular weight is 598 g/mol. The van der Waals surface area contributed by atoms with Crippen LogP contribution < -0.4 is 9.62 Å². The van der Waals surface area contributed by atoms with E-state index in [2.05, 4.69) is 19.2 Å². The molecule has 0 spiro atoms. The number of rotatable bonds is 13. The van der Waals surface area contributed by atoms with Crippen LogP contribution in [0, 0.1) is 5.92 Å². The lowest BCUT2D eigenvalue weighted by atomic mass is 10.0.